The van der Waals surface area contributed by atoms with E-state index in [1.54, 1.807) is 0 Å². The fraction of sp³-hybridized carbons (Fsp3) is 0.583. The molecule has 0 aromatic heterocycles. The minimum absolute atomic E-state index is 0.195. The third-order valence-electron chi connectivity index (χ3n) is 2.72. The Morgan fingerprint density at radius 3 is 1.91 bits per heavy atom. The van der Waals surface area contributed by atoms with Gasteiger partial charge in [-0.05, 0) is 6.42 Å². The summed E-state index contributed by atoms with van der Waals surface area (Å²) < 4.78 is 0. The van der Waals surface area contributed by atoms with Crippen LogP contribution in [0.15, 0.2) is 0 Å². The topological polar surface area (TPSA) is 182 Å². The summed E-state index contributed by atoms with van der Waals surface area (Å²) in [5.74, 6) is -5.36. The molecule has 0 saturated heterocycles. The summed E-state index contributed by atoms with van der Waals surface area (Å²) in [6.07, 6.45) is -1.28. The summed E-state index contributed by atoms with van der Waals surface area (Å²) >= 11 is 0. The molecular formula is C12H19N3O8. The molecule has 6 N–H and O–H groups in total. The highest BCUT2D eigenvalue weighted by molar-refractivity contribution is 5.91. The highest BCUT2D eigenvalue weighted by atomic mass is 16.4. The predicted octanol–water partition coefficient (Wildman–Crippen LogP) is -2.40. The lowest BCUT2D eigenvalue weighted by atomic mass is 10.1. The molecule has 0 bridgehead atoms. The van der Waals surface area contributed by atoms with Crippen LogP contribution < -0.4 is 16.0 Å². The summed E-state index contributed by atoms with van der Waals surface area (Å²) in [5.41, 5.74) is 0. The molecule has 0 aliphatic carbocycles. The van der Waals surface area contributed by atoms with Crippen LogP contribution >= 0.6 is 0 Å². The molecule has 0 unspecified atom stereocenters. The van der Waals surface area contributed by atoms with Crippen LogP contribution in [0, 0.1) is 0 Å². The van der Waals surface area contributed by atoms with Gasteiger partial charge in [-0.25, -0.2) is 0 Å². The standard InChI is InChI=1S/C12H19N3O8/c1-13-11(22)6(2-3-8(16)17)15-12(23)7(4-9(18)19)14-5-10(20)21/h6-7,14H,2-5H2,1H3,(H,13,22)(H,15,23)(H,16,17)(H,18,19)(H,20,21)/t6-,7-/m0/s1. The number of carbonyl (C=O) groups is 5. The number of hydrogen-bond donors (Lipinski definition) is 6. The van der Waals surface area contributed by atoms with Crippen LogP contribution in [0.3, 0.4) is 0 Å². The van der Waals surface area contributed by atoms with Gasteiger partial charge in [0.1, 0.15) is 6.04 Å². The first kappa shape index (κ1) is 20.3. The van der Waals surface area contributed by atoms with E-state index in [0.29, 0.717) is 0 Å². The van der Waals surface area contributed by atoms with E-state index in [0.717, 1.165) is 0 Å². The molecule has 0 radical (unpaired) electrons. The van der Waals surface area contributed by atoms with Crippen molar-refractivity contribution in [2.24, 2.45) is 0 Å². The van der Waals surface area contributed by atoms with Crippen LogP contribution in [0.2, 0.25) is 0 Å². The summed E-state index contributed by atoms with van der Waals surface area (Å²) in [7, 11) is 1.29. The Morgan fingerprint density at radius 2 is 1.48 bits per heavy atom. The molecule has 0 saturated carbocycles. The molecular weight excluding hydrogens is 314 g/mol. The number of nitrogens with one attached hydrogen (secondary N) is 3. The maximum atomic E-state index is 12.0. The van der Waals surface area contributed by atoms with Crippen molar-refractivity contribution in [2.45, 2.75) is 31.3 Å². The number of carboxylic acid groups (broad SMARTS) is 3. The van der Waals surface area contributed by atoms with Crippen molar-refractivity contribution in [3.05, 3.63) is 0 Å². The second kappa shape index (κ2) is 10.1. The van der Waals surface area contributed by atoms with Gasteiger partial charge in [0.25, 0.3) is 0 Å². The molecule has 0 heterocycles. The quantitative estimate of drug-likeness (QED) is 0.240. The Kier molecular flexibility index (Phi) is 8.92. The Bertz CT molecular complexity index is 479. The maximum absolute atomic E-state index is 12.0. The highest BCUT2D eigenvalue weighted by Crippen LogP contribution is 2.01. The van der Waals surface area contributed by atoms with E-state index in [1.165, 1.54) is 7.05 Å². The number of rotatable bonds is 11. The van der Waals surface area contributed by atoms with Crippen LogP contribution in [0.1, 0.15) is 19.3 Å². The lowest BCUT2D eigenvalue weighted by molar-refractivity contribution is -0.141. The van der Waals surface area contributed by atoms with Gasteiger partial charge in [0.15, 0.2) is 0 Å². The van der Waals surface area contributed by atoms with Gasteiger partial charge in [0.2, 0.25) is 11.8 Å². The number of aliphatic carboxylic acids is 3. The molecule has 11 nitrogen and oxygen atoms in total. The van der Waals surface area contributed by atoms with Gasteiger partial charge in [0, 0.05) is 13.5 Å². The van der Waals surface area contributed by atoms with Crippen molar-refractivity contribution in [2.75, 3.05) is 13.6 Å². The molecule has 0 rings (SSSR count). The molecule has 0 aromatic rings. The Labute approximate surface area is 131 Å². The Morgan fingerprint density at radius 1 is 0.870 bits per heavy atom. The molecule has 0 spiro atoms. The zero-order chi connectivity index (χ0) is 18.0. The van der Waals surface area contributed by atoms with Gasteiger partial charge in [-0.3, -0.25) is 29.3 Å². The fourth-order valence-corrected chi connectivity index (χ4v) is 1.63. The Hall–Kier alpha value is -2.69. The highest BCUT2D eigenvalue weighted by Gasteiger charge is 2.27. The number of carbonyl (C=O) groups excluding carboxylic acids is 2. The normalized spacial score (nSPS) is 12.7. The molecule has 0 aliphatic rings. The summed E-state index contributed by atoms with van der Waals surface area (Å²) in [6.45, 7) is -0.648. The largest absolute Gasteiger partial charge is 0.481 e. The summed E-state index contributed by atoms with van der Waals surface area (Å²) in [5, 5.41) is 32.6. The first-order valence-electron chi connectivity index (χ1n) is 6.58. The van der Waals surface area contributed by atoms with E-state index >= 15 is 0 Å². The molecule has 23 heavy (non-hydrogen) atoms. The lowest BCUT2D eigenvalue weighted by Gasteiger charge is -2.21. The molecule has 0 fully saturated rings. The van der Waals surface area contributed by atoms with Crippen LogP contribution in [0.4, 0.5) is 0 Å². The van der Waals surface area contributed by atoms with E-state index in [9.17, 15) is 24.0 Å². The van der Waals surface area contributed by atoms with Gasteiger partial charge >= 0.3 is 17.9 Å². The van der Waals surface area contributed by atoms with Crippen LogP contribution in [-0.4, -0.2) is 70.7 Å². The molecule has 2 amide bonds. The molecule has 2 atom stereocenters. The van der Waals surface area contributed by atoms with Crippen LogP contribution in [-0.2, 0) is 24.0 Å². The number of hydrogen-bond acceptors (Lipinski definition) is 6. The predicted molar refractivity (Wildman–Crippen MR) is 74.5 cm³/mol. The summed E-state index contributed by atoms with van der Waals surface area (Å²) in [6, 6.07) is -2.55. The average Bonchev–Trinajstić information content (AvgIpc) is 2.45. The maximum Gasteiger partial charge on any atom is 0.317 e. The second-order valence-corrected chi connectivity index (χ2v) is 4.53. The van der Waals surface area contributed by atoms with Crippen molar-refractivity contribution in [1.29, 1.82) is 0 Å². The minimum atomic E-state index is -1.37. The molecule has 130 valence electrons. The van der Waals surface area contributed by atoms with Crippen molar-refractivity contribution >= 4 is 29.7 Å². The zero-order valence-corrected chi connectivity index (χ0v) is 12.4. The first-order valence-corrected chi connectivity index (χ1v) is 6.58. The third-order valence-corrected chi connectivity index (χ3v) is 2.72. The number of carboxylic acids is 3. The van der Waals surface area contributed by atoms with Gasteiger partial charge in [-0.15, -0.1) is 0 Å². The SMILES string of the molecule is CNC(=O)[C@H](CCC(=O)O)NC(=O)[C@H](CC(=O)O)NCC(=O)O. The number of amides is 2. The third kappa shape index (κ3) is 9.03. The molecule has 0 aromatic carbocycles. The molecule has 0 aliphatic heterocycles. The summed E-state index contributed by atoms with van der Waals surface area (Å²) in [4.78, 5) is 55.4. The van der Waals surface area contributed by atoms with Crippen molar-refractivity contribution in [1.82, 2.24) is 16.0 Å². The van der Waals surface area contributed by atoms with Crippen molar-refractivity contribution in [3.8, 4) is 0 Å². The van der Waals surface area contributed by atoms with E-state index in [2.05, 4.69) is 16.0 Å². The van der Waals surface area contributed by atoms with Gasteiger partial charge in [0.05, 0.1) is 19.0 Å². The van der Waals surface area contributed by atoms with E-state index < -0.39 is 54.8 Å². The second-order valence-electron chi connectivity index (χ2n) is 4.53. The van der Waals surface area contributed by atoms with Gasteiger partial charge in [-0.2, -0.15) is 0 Å². The molecule has 11 heteroatoms. The number of likely N-dealkylation sites (N-methyl/N-ethyl adjacent to an activating group) is 1. The monoisotopic (exact) mass is 333 g/mol. The lowest BCUT2D eigenvalue weighted by Crippen LogP contribution is -2.53. The van der Waals surface area contributed by atoms with Crippen molar-refractivity contribution < 1.29 is 39.3 Å². The fourth-order valence-electron chi connectivity index (χ4n) is 1.63. The van der Waals surface area contributed by atoms with E-state index in [1.807, 2.05) is 0 Å². The van der Waals surface area contributed by atoms with E-state index in [-0.39, 0.29) is 12.8 Å². The first-order chi connectivity index (χ1) is 10.7. The Balaban J connectivity index is 4.90. The van der Waals surface area contributed by atoms with E-state index in [4.69, 9.17) is 15.3 Å². The van der Waals surface area contributed by atoms with Crippen LogP contribution in [0.25, 0.3) is 0 Å². The van der Waals surface area contributed by atoms with Crippen molar-refractivity contribution in [3.63, 3.8) is 0 Å². The minimum Gasteiger partial charge on any atom is -0.481 e. The van der Waals surface area contributed by atoms with Gasteiger partial charge < -0.3 is 26.0 Å². The zero-order valence-electron chi connectivity index (χ0n) is 12.4. The smallest absolute Gasteiger partial charge is 0.317 e. The average molecular weight is 333 g/mol. The van der Waals surface area contributed by atoms with Gasteiger partial charge in [-0.1, -0.05) is 0 Å². The van der Waals surface area contributed by atoms with Crippen LogP contribution in [0.5, 0.6) is 0 Å².